The second-order valence-corrected chi connectivity index (χ2v) is 6.23. The first-order chi connectivity index (χ1) is 10.7. The maximum Gasteiger partial charge on any atom is 0.124 e. The minimum Gasteiger partial charge on any atom is -0.496 e. The number of hydrogen-bond donors (Lipinski definition) is 2. The van der Waals surface area contributed by atoms with Crippen molar-refractivity contribution in [2.45, 2.75) is 24.3 Å². The first-order valence-electron chi connectivity index (χ1n) is 7.47. The van der Waals surface area contributed by atoms with Crippen molar-refractivity contribution in [3.63, 3.8) is 0 Å². The molecule has 1 unspecified atom stereocenters. The lowest BCUT2D eigenvalue weighted by Gasteiger charge is -2.18. The minimum absolute atomic E-state index is 0.170. The molecule has 0 saturated carbocycles. The fourth-order valence-corrected chi connectivity index (χ4v) is 3.09. The molecule has 2 aromatic rings. The Bertz CT molecular complexity index is 572. The molecule has 0 amide bonds. The van der Waals surface area contributed by atoms with Gasteiger partial charge in [-0.15, -0.1) is 11.8 Å². The van der Waals surface area contributed by atoms with Gasteiger partial charge in [0.15, 0.2) is 0 Å². The first-order valence-corrected chi connectivity index (χ1v) is 8.46. The van der Waals surface area contributed by atoms with E-state index in [2.05, 4.69) is 42.6 Å². The van der Waals surface area contributed by atoms with Crippen LogP contribution >= 0.6 is 11.8 Å². The maximum atomic E-state index is 8.80. The molecule has 0 saturated heterocycles. The Hall–Kier alpha value is -1.65. The molecular formula is C18H23NO2S. The molecule has 3 nitrogen and oxygen atoms in total. The number of rotatable bonds is 8. The highest BCUT2D eigenvalue weighted by Gasteiger charge is 2.10. The predicted octanol–water partition coefficient (Wildman–Crippen LogP) is 4.34. The summed E-state index contributed by atoms with van der Waals surface area (Å²) in [5.41, 5.74) is 2.23. The molecule has 0 spiro atoms. The van der Waals surface area contributed by atoms with Gasteiger partial charge in [0.25, 0.3) is 0 Å². The number of aliphatic hydroxyl groups is 1. The summed E-state index contributed by atoms with van der Waals surface area (Å²) in [7, 11) is 1.70. The van der Waals surface area contributed by atoms with Gasteiger partial charge in [0.1, 0.15) is 5.75 Å². The molecule has 0 fully saturated rings. The lowest BCUT2D eigenvalue weighted by atomic mass is 10.1. The SMILES string of the molecule is COc1ccccc1C(C)Nc1ccc(SCCCO)cc1. The van der Waals surface area contributed by atoms with Crippen LogP contribution in [0.25, 0.3) is 0 Å². The summed E-state index contributed by atoms with van der Waals surface area (Å²) in [5.74, 6) is 1.85. The molecule has 0 aliphatic heterocycles. The van der Waals surface area contributed by atoms with Crippen molar-refractivity contribution < 1.29 is 9.84 Å². The van der Waals surface area contributed by atoms with Crippen LogP contribution in [0.5, 0.6) is 5.75 Å². The van der Waals surface area contributed by atoms with Crippen molar-refractivity contribution in [1.29, 1.82) is 0 Å². The number of thioether (sulfide) groups is 1. The number of ether oxygens (including phenoxy) is 1. The van der Waals surface area contributed by atoms with Crippen molar-refractivity contribution in [2.24, 2.45) is 0 Å². The van der Waals surface area contributed by atoms with Gasteiger partial charge in [-0.25, -0.2) is 0 Å². The van der Waals surface area contributed by atoms with E-state index in [4.69, 9.17) is 9.84 Å². The van der Waals surface area contributed by atoms with Crippen molar-refractivity contribution in [1.82, 2.24) is 0 Å². The first kappa shape index (κ1) is 16.7. The standard InChI is InChI=1S/C18H23NO2S/c1-14(17-6-3-4-7-18(17)21-2)19-15-8-10-16(11-9-15)22-13-5-12-20/h3-4,6-11,14,19-20H,5,12-13H2,1-2H3. The normalized spacial score (nSPS) is 12.0. The number of aliphatic hydroxyl groups excluding tert-OH is 1. The summed E-state index contributed by atoms with van der Waals surface area (Å²) in [6, 6.07) is 16.6. The molecule has 2 rings (SSSR count). The number of nitrogens with one attached hydrogen (secondary N) is 1. The summed E-state index contributed by atoms with van der Waals surface area (Å²) in [4.78, 5) is 1.23. The second-order valence-electron chi connectivity index (χ2n) is 5.06. The van der Waals surface area contributed by atoms with Gasteiger partial charge in [0.2, 0.25) is 0 Å². The van der Waals surface area contributed by atoms with E-state index in [0.717, 1.165) is 29.2 Å². The molecule has 0 heterocycles. The zero-order valence-electron chi connectivity index (χ0n) is 13.1. The zero-order chi connectivity index (χ0) is 15.8. The van der Waals surface area contributed by atoms with Gasteiger partial charge in [-0.1, -0.05) is 18.2 Å². The Labute approximate surface area is 136 Å². The molecule has 0 aromatic heterocycles. The van der Waals surface area contributed by atoms with Gasteiger partial charge in [0, 0.05) is 28.5 Å². The van der Waals surface area contributed by atoms with Crippen LogP contribution in [0.1, 0.15) is 24.9 Å². The number of benzene rings is 2. The quantitative estimate of drug-likeness (QED) is 0.561. The van der Waals surface area contributed by atoms with Crippen LogP contribution in [0.4, 0.5) is 5.69 Å². The highest BCUT2D eigenvalue weighted by Crippen LogP contribution is 2.28. The van der Waals surface area contributed by atoms with Crippen molar-refractivity contribution in [3.05, 3.63) is 54.1 Å². The topological polar surface area (TPSA) is 41.5 Å². The number of para-hydroxylation sites is 1. The molecule has 4 heteroatoms. The van der Waals surface area contributed by atoms with E-state index in [0.29, 0.717) is 0 Å². The van der Waals surface area contributed by atoms with E-state index in [1.54, 1.807) is 18.9 Å². The summed E-state index contributed by atoms with van der Waals surface area (Å²) in [5, 5.41) is 12.3. The van der Waals surface area contributed by atoms with Gasteiger partial charge in [-0.05, 0) is 43.7 Å². The van der Waals surface area contributed by atoms with E-state index in [9.17, 15) is 0 Å². The highest BCUT2D eigenvalue weighted by atomic mass is 32.2. The lowest BCUT2D eigenvalue weighted by molar-refractivity contribution is 0.296. The fraction of sp³-hybridized carbons (Fsp3) is 0.333. The Morgan fingerprint density at radius 1 is 1.14 bits per heavy atom. The molecule has 118 valence electrons. The average molecular weight is 317 g/mol. The van der Waals surface area contributed by atoms with Crippen molar-refractivity contribution in [3.8, 4) is 5.75 Å². The molecule has 1 atom stereocenters. The molecule has 22 heavy (non-hydrogen) atoms. The third-order valence-electron chi connectivity index (χ3n) is 3.41. The van der Waals surface area contributed by atoms with Gasteiger partial charge >= 0.3 is 0 Å². The Morgan fingerprint density at radius 2 is 1.86 bits per heavy atom. The predicted molar refractivity (Wildman–Crippen MR) is 93.9 cm³/mol. The Balaban J connectivity index is 1.98. The van der Waals surface area contributed by atoms with Crippen LogP contribution in [-0.2, 0) is 0 Å². The van der Waals surface area contributed by atoms with Crippen LogP contribution < -0.4 is 10.1 Å². The van der Waals surface area contributed by atoms with Gasteiger partial charge < -0.3 is 15.2 Å². The molecular weight excluding hydrogens is 294 g/mol. The average Bonchev–Trinajstić information content (AvgIpc) is 2.56. The summed E-state index contributed by atoms with van der Waals surface area (Å²) < 4.78 is 5.41. The molecule has 0 aliphatic carbocycles. The molecule has 0 bridgehead atoms. The van der Waals surface area contributed by atoms with Crippen LogP contribution in [0, 0.1) is 0 Å². The van der Waals surface area contributed by atoms with E-state index in [1.165, 1.54) is 4.90 Å². The monoisotopic (exact) mass is 317 g/mol. The zero-order valence-corrected chi connectivity index (χ0v) is 13.9. The maximum absolute atomic E-state index is 8.80. The van der Waals surface area contributed by atoms with Crippen LogP contribution in [0.2, 0.25) is 0 Å². The smallest absolute Gasteiger partial charge is 0.124 e. The van der Waals surface area contributed by atoms with E-state index in [-0.39, 0.29) is 12.6 Å². The molecule has 2 N–H and O–H groups in total. The minimum atomic E-state index is 0.170. The van der Waals surface area contributed by atoms with Crippen molar-refractivity contribution in [2.75, 3.05) is 24.8 Å². The third kappa shape index (κ3) is 4.68. The van der Waals surface area contributed by atoms with Crippen LogP contribution in [0.15, 0.2) is 53.4 Å². The molecule has 2 aromatic carbocycles. The van der Waals surface area contributed by atoms with E-state index in [1.807, 2.05) is 18.2 Å². The van der Waals surface area contributed by atoms with Gasteiger partial charge in [-0.3, -0.25) is 0 Å². The van der Waals surface area contributed by atoms with Crippen molar-refractivity contribution >= 4 is 17.4 Å². The summed E-state index contributed by atoms with van der Waals surface area (Å²) >= 11 is 1.77. The second kappa shape index (κ2) is 8.71. The number of hydrogen-bond acceptors (Lipinski definition) is 4. The Kier molecular flexibility index (Phi) is 6.62. The van der Waals surface area contributed by atoms with Gasteiger partial charge in [-0.2, -0.15) is 0 Å². The number of methoxy groups -OCH3 is 1. The fourth-order valence-electron chi connectivity index (χ4n) is 2.25. The summed E-state index contributed by atoms with van der Waals surface area (Å²) in [6.45, 7) is 2.38. The third-order valence-corrected chi connectivity index (χ3v) is 4.51. The molecule has 0 aliphatic rings. The molecule has 0 radical (unpaired) electrons. The Morgan fingerprint density at radius 3 is 2.55 bits per heavy atom. The number of anilines is 1. The van der Waals surface area contributed by atoms with E-state index >= 15 is 0 Å². The van der Waals surface area contributed by atoms with Crippen LogP contribution in [-0.4, -0.2) is 24.6 Å². The van der Waals surface area contributed by atoms with E-state index < -0.39 is 0 Å². The lowest BCUT2D eigenvalue weighted by Crippen LogP contribution is -2.07. The van der Waals surface area contributed by atoms with Crippen LogP contribution in [0.3, 0.4) is 0 Å². The highest BCUT2D eigenvalue weighted by molar-refractivity contribution is 7.99. The summed E-state index contributed by atoms with van der Waals surface area (Å²) in [6.07, 6.45) is 0.829. The largest absolute Gasteiger partial charge is 0.496 e. The van der Waals surface area contributed by atoms with Gasteiger partial charge in [0.05, 0.1) is 13.2 Å².